The van der Waals surface area contributed by atoms with Gasteiger partial charge in [-0.3, -0.25) is 10.3 Å². The van der Waals surface area contributed by atoms with Crippen LogP contribution >= 0.6 is 0 Å². The number of aromatic nitrogens is 2. The van der Waals surface area contributed by atoms with Gasteiger partial charge in [-0.05, 0) is 24.4 Å². The van der Waals surface area contributed by atoms with Crippen LogP contribution in [0.1, 0.15) is 6.92 Å². The zero-order valence-electron chi connectivity index (χ0n) is 13.0. The van der Waals surface area contributed by atoms with Gasteiger partial charge < -0.3 is 10.6 Å². The van der Waals surface area contributed by atoms with Crippen LogP contribution in [0.2, 0.25) is 0 Å². The molecular weight excluding hydrogens is 309 g/mol. The maximum Gasteiger partial charge on any atom is 0.320 e. The summed E-state index contributed by atoms with van der Waals surface area (Å²) in [6.07, 6.45) is 4.35. The van der Waals surface area contributed by atoms with Crippen molar-refractivity contribution in [2.24, 2.45) is 0 Å². The fourth-order valence-electron chi connectivity index (χ4n) is 2.31. The molecule has 0 aliphatic carbocycles. The molecule has 0 saturated carbocycles. The molecule has 2 heterocycles. The van der Waals surface area contributed by atoms with Gasteiger partial charge in [0.1, 0.15) is 11.6 Å². The molecule has 3 aromatic rings. The number of halogens is 1. The van der Waals surface area contributed by atoms with E-state index in [0.29, 0.717) is 18.1 Å². The molecule has 1 aromatic carbocycles. The monoisotopic (exact) mass is 325 g/mol. The number of nitrogens with zero attached hydrogens (tertiary/aromatic N) is 2. The van der Waals surface area contributed by atoms with Crippen LogP contribution in [-0.2, 0) is 0 Å². The third-order valence-corrected chi connectivity index (χ3v) is 3.33. The third-order valence-electron chi connectivity index (χ3n) is 3.33. The molecule has 0 fully saturated rings. The zero-order valence-corrected chi connectivity index (χ0v) is 13.0. The molecule has 6 nitrogen and oxygen atoms in total. The molecule has 0 spiro atoms. The van der Waals surface area contributed by atoms with Crippen LogP contribution in [0.25, 0.3) is 10.8 Å². The number of fused-ring (bicyclic) bond motifs is 1. The van der Waals surface area contributed by atoms with Gasteiger partial charge in [-0.2, -0.15) is 0 Å². The molecule has 24 heavy (non-hydrogen) atoms. The molecule has 3 N–H and O–H groups in total. The molecule has 0 saturated heterocycles. The fourth-order valence-corrected chi connectivity index (χ4v) is 2.31. The molecular formula is C17H16FN5O. The largest absolute Gasteiger partial charge is 0.354 e. The van der Waals surface area contributed by atoms with Gasteiger partial charge in [0.15, 0.2) is 0 Å². The van der Waals surface area contributed by atoms with Gasteiger partial charge in [0.25, 0.3) is 0 Å². The van der Waals surface area contributed by atoms with Crippen molar-refractivity contribution in [3.8, 4) is 0 Å². The fraction of sp³-hybridized carbons (Fsp3) is 0.118. The summed E-state index contributed by atoms with van der Waals surface area (Å²) in [5.74, 6) is 0.0461. The van der Waals surface area contributed by atoms with Gasteiger partial charge in [-0.25, -0.2) is 14.2 Å². The summed E-state index contributed by atoms with van der Waals surface area (Å²) in [6, 6.07) is 8.49. The summed E-state index contributed by atoms with van der Waals surface area (Å²) in [7, 11) is 0. The Morgan fingerprint density at radius 1 is 1.21 bits per heavy atom. The first-order valence-electron chi connectivity index (χ1n) is 7.47. The number of rotatable bonds is 4. The average molecular weight is 325 g/mol. The van der Waals surface area contributed by atoms with E-state index in [1.807, 2.05) is 25.1 Å². The molecule has 0 radical (unpaired) electrons. The third kappa shape index (κ3) is 3.57. The lowest BCUT2D eigenvalue weighted by Gasteiger charge is -2.11. The van der Waals surface area contributed by atoms with Gasteiger partial charge in [-0.15, -0.1) is 0 Å². The standard InChI is InChI=1S/C17H16FN5O/c1-2-20-17(24)23-16-6-11-4-3-5-15(14(11)10-21-16)22-13-7-12(18)8-19-9-13/h3-10,22H,2H2,1H3,(H2,20,21,23,24). The van der Waals surface area contributed by atoms with E-state index >= 15 is 0 Å². The minimum Gasteiger partial charge on any atom is -0.354 e. The SMILES string of the molecule is CCNC(=O)Nc1cc2cccc(Nc3cncc(F)c3)c2cn1. The summed E-state index contributed by atoms with van der Waals surface area (Å²) < 4.78 is 13.3. The highest BCUT2D eigenvalue weighted by molar-refractivity contribution is 5.97. The zero-order chi connectivity index (χ0) is 16.9. The van der Waals surface area contributed by atoms with Crippen LogP contribution in [0, 0.1) is 5.82 Å². The van der Waals surface area contributed by atoms with Crippen molar-refractivity contribution in [1.29, 1.82) is 0 Å². The normalized spacial score (nSPS) is 10.4. The van der Waals surface area contributed by atoms with Crippen molar-refractivity contribution in [3.63, 3.8) is 0 Å². The number of nitrogens with one attached hydrogen (secondary N) is 3. The highest BCUT2D eigenvalue weighted by atomic mass is 19.1. The number of benzene rings is 1. The van der Waals surface area contributed by atoms with Gasteiger partial charge in [0.2, 0.25) is 0 Å². The quantitative estimate of drug-likeness (QED) is 0.684. The number of carbonyl (C=O) groups excluding carboxylic acids is 1. The van der Waals surface area contributed by atoms with Crippen LogP contribution in [0.5, 0.6) is 0 Å². The van der Waals surface area contributed by atoms with E-state index in [4.69, 9.17) is 0 Å². The molecule has 0 bridgehead atoms. The predicted octanol–water partition coefficient (Wildman–Crippen LogP) is 3.65. The van der Waals surface area contributed by atoms with Crippen molar-refractivity contribution in [1.82, 2.24) is 15.3 Å². The Morgan fingerprint density at radius 3 is 2.88 bits per heavy atom. The molecule has 0 unspecified atom stereocenters. The Hall–Kier alpha value is -3.22. The van der Waals surface area contributed by atoms with Crippen molar-refractivity contribution in [3.05, 3.63) is 54.7 Å². The van der Waals surface area contributed by atoms with E-state index in [9.17, 15) is 9.18 Å². The molecule has 3 rings (SSSR count). The minimum atomic E-state index is -0.410. The predicted molar refractivity (Wildman–Crippen MR) is 91.9 cm³/mol. The van der Waals surface area contributed by atoms with Crippen molar-refractivity contribution >= 4 is 34.0 Å². The van der Waals surface area contributed by atoms with Crippen molar-refractivity contribution in [2.75, 3.05) is 17.2 Å². The summed E-state index contributed by atoms with van der Waals surface area (Å²) in [6.45, 7) is 2.38. The number of pyridine rings is 2. The first kappa shape index (κ1) is 15.7. The Kier molecular flexibility index (Phi) is 4.51. The highest BCUT2D eigenvalue weighted by Gasteiger charge is 2.06. The van der Waals surface area contributed by atoms with Gasteiger partial charge in [0.05, 0.1) is 18.1 Å². The van der Waals surface area contributed by atoms with E-state index in [0.717, 1.165) is 22.7 Å². The van der Waals surface area contributed by atoms with E-state index in [1.54, 1.807) is 18.5 Å². The lowest BCUT2D eigenvalue weighted by atomic mass is 10.1. The first-order chi connectivity index (χ1) is 11.7. The van der Waals surface area contributed by atoms with Crippen molar-refractivity contribution < 1.29 is 9.18 Å². The number of carbonyl (C=O) groups is 1. The lowest BCUT2D eigenvalue weighted by molar-refractivity contribution is 0.252. The molecule has 122 valence electrons. The maximum absolute atomic E-state index is 13.3. The second-order valence-electron chi connectivity index (χ2n) is 5.10. The summed E-state index contributed by atoms with van der Waals surface area (Å²) >= 11 is 0. The summed E-state index contributed by atoms with van der Waals surface area (Å²) in [4.78, 5) is 19.6. The number of hydrogen-bond donors (Lipinski definition) is 3. The smallest absolute Gasteiger partial charge is 0.320 e. The Morgan fingerprint density at radius 2 is 2.08 bits per heavy atom. The second kappa shape index (κ2) is 6.91. The molecule has 0 aliphatic rings. The van der Waals surface area contributed by atoms with E-state index in [2.05, 4.69) is 25.9 Å². The van der Waals surface area contributed by atoms with Crippen LogP contribution in [0.4, 0.5) is 26.4 Å². The van der Waals surface area contributed by atoms with Crippen LogP contribution in [0.15, 0.2) is 48.9 Å². The number of urea groups is 1. The van der Waals surface area contributed by atoms with Crippen molar-refractivity contribution in [2.45, 2.75) is 6.92 Å². The van der Waals surface area contributed by atoms with Gasteiger partial charge in [0, 0.05) is 29.9 Å². The number of anilines is 3. The average Bonchev–Trinajstić information content (AvgIpc) is 2.55. The molecule has 2 aromatic heterocycles. The van der Waals surface area contributed by atoms with Gasteiger partial charge in [-0.1, -0.05) is 12.1 Å². The summed E-state index contributed by atoms with van der Waals surface area (Å²) in [5.41, 5.74) is 1.32. The Bertz CT molecular complexity index is 884. The van der Waals surface area contributed by atoms with Crippen LogP contribution in [-0.4, -0.2) is 22.5 Å². The minimum absolute atomic E-state index is 0.301. The lowest BCUT2D eigenvalue weighted by Crippen LogP contribution is -2.28. The molecule has 2 amide bonds. The number of amides is 2. The topological polar surface area (TPSA) is 78.9 Å². The Balaban J connectivity index is 1.89. The first-order valence-corrected chi connectivity index (χ1v) is 7.47. The second-order valence-corrected chi connectivity index (χ2v) is 5.10. The maximum atomic E-state index is 13.3. The van der Waals surface area contributed by atoms with Gasteiger partial charge >= 0.3 is 6.03 Å². The van der Waals surface area contributed by atoms with E-state index in [1.165, 1.54) is 6.07 Å². The van der Waals surface area contributed by atoms with Crippen LogP contribution in [0.3, 0.4) is 0 Å². The number of hydrogen-bond acceptors (Lipinski definition) is 4. The summed E-state index contributed by atoms with van der Waals surface area (Å²) in [5, 5.41) is 10.2. The Labute approximate surface area is 138 Å². The molecule has 0 aliphatic heterocycles. The molecule has 7 heteroatoms. The van der Waals surface area contributed by atoms with E-state index < -0.39 is 5.82 Å². The molecule has 0 atom stereocenters. The van der Waals surface area contributed by atoms with E-state index in [-0.39, 0.29) is 6.03 Å². The highest BCUT2D eigenvalue weighted by Crippen LogP contribution is 2.27. The van der Waals surface area contributed by atoms with Crippen LogP contribution < -0.4 is 16.0 Å².